The zero-order valence-electron chi connectivity index (χ0n) is 15.3. The summed E-state index contributed by atoms with van der Waals surface area (Å²) in [5, 5.41) is 0. The molecular weight excluding hydrogens is 319 g/mol. The van der Waals surface area contributed by atoms with Crippen molar-refractivity contribution in [3.8, 4) is 0 Å². The van der Waals surface area contributed by atoms with Crippen molar-refractivity contribution < 1.29 is 13.9 Å². The number of hydrogen-bond acceptors (Lipinski definition) is 3. The van der Waals surface area contributed by atoms with Crippen molar-refractivity contribution in [2.45, 2.75) is 45.3 Å². The third kappa shape index (κ3) is 5.25. The first kappa shape index (κ1) is 18.3. The average molecular weight is 348 g/mol. The molecule has 4 nitrogen and oxygen atoms in total. The Labute approximate surface area is 149 Å². The molecule has 0 spiro atoms. The minimum absolute atomic E-state index is 0.152. The summed E-state index contributed by atoms with van der Waals surface area (Å²) in [6, 6.07) is 6.22. The molecule has 25 heavy (non-hydrogen) atoms. The molecule has 3 rings (SSSR count). The van der Waals surface area contributed by atoms with Crippen LogP contribution in [0.5, 0.6) is 0 Å². The van der Waals surface area contributed by atoms with Crippen molar-refractivity contribution in [1.82, 2.24) is 9.80 Å². The second kappa shape index (κ2) is 8.28. The number of carbonyl (C=O) groups excluding carboxylic acids is 1. The molecule has 2 saturated heterocycles. The number of amides is 1. The van der Waals surface area contributed by atoms with Gasteiger partial charge in [-0.25, -0.2) is 4.39 Å². The molecule has 0 aromatic heterocycles. The molecule has 2 atom stereocenters. The van der Waals surface area contributed by atoms with Crippen LogP contribution in [0.1, 0.15) is 32.3 Å². The van der Waals surface area contributed by atoms with Gasteiger partial charge < -0.3 is 9.64 Å². The topological polar surface area (TPSA) is 32.8 Å². The molecule has 1 amide bonds. The number of likely N-dealkylation sites (tertiary alicyclic amines) is 1. The molecule has 138 valence electrons. The molecule has 0 unspecified atom stereocenters. The summed E-state index contributed by atoms with van der Waals surface area (Å²) < 4.78 is 18.8. The lowest BCUT2D eigenvalue weighted by Crippen LogP contribution is -2.48. The Bertz CT molecular complexity index is 560. The van der Waals surface area contributed by atoms with E-state index in [0.717, 1.165) is 51.1 Å². The Morgan fingerprint density at radius 2 is 1.72 bits per heavy atom. The first-order valence-electron chi connectivity index (χ1n) is 9.39. The Balaban J connectivity index is 1.43. The van der Waals surface area contributed by atoms with Crippen LogP contribution < -0.4 is 0 Å². The molecule has 1 aromatic carbocycles. The molecule has 0 bridgehead atoms. The Morgan fingerprint density at radius 3 is 2.32 bits per heavy atom. The Kier molecular flexibility index (Phi) is 6.07. The summed E-state index contributed by atoms with van der Waals surface area (Å²) in [6.07, 6.45) is 3.11. The number of rotatable bonds is 4. The highest BCUT2D eigenvalue weighted by atomic mass is 19.1. The van der Waals surface area contributed by atoms with Gasteiger partial charge in [0, 0.05) is 32.7 Å². The minimum Gasteiger partial charge on any atom is -0.373 e. The monoisotopic (exact) mass is 348 g/mol. The van der Waals surface area contributed by atoms with E-state index in [4.69, 9.17) is 4.74 Å². The molecule has 2 heterocycles. The standard InChI is InChI=1S/C20H29FN2O2/c1-15-12-22(13-16(2)25-15)14-18-7-9-23(10-8-18)20(24)11-17-3-5-19(21)6-4-17/h3-6,15-16,18H,7-14H2,1-2H3/t15-,16-/m0/s1. The highest BCUT2D eigenvalue weighted by Crippen LogP contribution is 2.21. The second-order valence-corrected chi connectivity index (χ2v) is 7.60. The van der Waals surface area contributed by atoms with E-state index in [0.29, 0.717) is 24.5 Å². The number of ether oxygens (including phenoxy) is 1. The number of carbonyl (C=O) groups is 1. The molecule has 2 aliphatic rings. The lowest BCUT2D eigenvalue weighted by molar-refractivity contribution is -0.132. The van der Waals surface area contributed by atoms with Crippen molar-refractivity contribution in [3.63, 3.8) is 0 Å². The van der Waals surface area contributed by atoms with Crippen LogP contribution in [-0.4, -0.2) is 60.6 Å². The fraction of sp³-hybridized carbons (Fsp3) is 0.650. The van der Waals surface area contributed by atoms with E-state index in [1.165, 1.54) is 12.1 Å². The first-order valence-corrected chi connectivity index (χ1v) is 9.39. The van der Waals surface area contributed by atoms with Gasteiger partial charge in [0.1, 0.15) is 5.82 Å². The van der Waals surface area contributed by atoms with Gasteiger partial charge in [0.25, 0.3) is 0 Å². The maximum Gasteiger partial charge on any atom is 0.226 e. The average Bonchev–Trinajstić information content (AvgIpc) is 2.56. The van der Waals surface area contributed by atoms with Crippen molar-refractivity contribution in [3.05, 3.63) is 35.6 Å². The molecule has 0 aliphatic carbocycles. The minimum atomic E-state index is -0.260. The van der Waals surface area contributed by atoms with Gasteiger partial charge in [0.15, 0.2) is 0 Å². The number of nitrogens with zero attached hydrogens (tertiary/aromatic N) is 2. The Morgan fingerprint density at radius 1 is 1.12 bits per heavy atom. The zero-order valence-corrected chi connectivity index (χ0v) is 15.3. The fourth-order valence-corrected chi connectivity index (χ4v) is 4.05. The SMILES string of the molecule is C[C@H]1CN(CC2CCN(C(=O)Cc3ccc(F)cc3)CC2)C[C@H](C)O1. The van der Waals surface area contributed by atoms with E-state index in [1.54, 1.807) is 12.1 Å². The predicted molar refractivity (Wildman–Crippen MR) is 95.9 cm³/mol. The van der Waals surface area contributed by atoms with Gasteiger partial charge in [0.2, 0.25) is 5.91 Å². The van der Waals surface area contributed by atoms with Crippen LogP contribution in [0, 0.1) is 11.7 Å². The molecule has 5 heteroatoms. The largest absolute Gasteiger partial charge is 0.373 e. The number of benzene rings is 1. The maximum absolute atomic E-state index is 13.0. The van der Waals surface area contributed by atoms with Crippen LogP contribution in [-0.2, 0) is 16.0 Å². The van der Waals surface area contributed by atoms with Gasteiger partial charge in [0.05, 0.1) is 18.6 Å². The number of halogens is 1. The molecule has 0 radical (unpaired) electrons. The summed E-state index contributed by atoms with van der Waals surface area (Å²) >= 11 is 0. The third-order valence-corrected chi connectivity index (χ3v) is 5.25. The summed E-state index contributed by atoms with van der Waals surface area (Å²) in [4.78, 5) is 16.9. The number of morpholine rings is 1. The van der Waals surface area contributed by atoms with E-state index in [9.17, 15) is 9.18 Å². The van der Waals surface area contributed by atoms with Gasteiger partial charge in [-0.3, -0.25) is 9.69 Å². The first-order chi connectivity index (χ1) is 12.0. The van der Waals surface area contributed by atoms with Crippen LogP contribution in [0.3, 0.4) is 0 Å². The van der Waals surface area contributed by atoms with E-state index in [-0.39, 0.29) is 11.7 Å². The lowest BCUT2D eigenvalue weighted by Gasteiger charge is -2.39. The Hall–Kier alpha value is -1.46. The van der Waals surface area contributed by atoms with E-state index < -0.39 is 0 Å². The predicted octanol–water partition coefficient (Wildman–Crippen LogP) is 2.72. The molecular formula is C20H29FN2O2. The third-order valence-electron chi connectivity index (χ3n) is 5.25. The quantitative estimate of drug-likeness (QED) is 0.839. The van der Waals surface area contributed by atoms with Crippen LogP contribution in [0.25, 0.3) is 0 Å². The van der Waals surface area contributed by atoms with Gasteiger partial charge in [-0.2, -0.15) is 0 Å². The summed E-state index contributed by atoms with van der Waals surface area (Å²) in [5.74, 6) is 0.551. The van der Waals surface area contributed by atoms with Gasteiger partial charge in [-0.15, -0.1) is 0 Å². The zero-order chi connectivity index (χ0) is 17.8. The summed E-state index contributed by atoms with van der Waals surface area (Å²) in [6.45, 7) is 9.07. The highest BCUT2D eigenvalue weighted by Gasteiger charge is 2.27. The molecule has 1 aromatic rings. The normalized spacial score (nSPS) is 26.0. The van der Waals surface area contributed by atoms with E-state index in [2.05, 4.69) is 18.7 Å². The molecule has 0 N–H and O–H groups in total. The smallest absolute Gasteiger partial charge is 0.226 e. The maximum atomic E-state index is 13.0. The van der Waals surface area contributed by atoms with E-state index in [1.807, 2.05) is 4.90 Å². The van der Waals surface area contributed by atoms with Crippen LogP contribution >= 0.6 is 0 Å². The van der Waals surface area contributed by atoms with Crippen LogP contribution in [0.15, 0.2) is 24.3 Å². The molecule has 0 saturated carbocycles. The second-order valence-electron chi connectivity index (χ2n) is 7.60. The van der Waals surface area contributed by atoms with Gasteiger partial charge in [-0.1, -0.05) is 12.1 Å². The van der Waals surface area contributed by atoms with Gasteiger partial charge >= 0.3 is 0 Å². The van der Waals surface area contributed by atoms with Crippen molar-refractivity contribution >= 4 is 5.91 Å². The van der Waals surface area contributed by atoms with E-state index >= 15 is 0 Å². The van der Waals surface area contributed by atoms with Crippen molar-refractivity contribution in [1.29, 1.82) is 0 Å². The number of hydrogen-bond donors (Lipinski definition) is 0. The van der Waals surface area contributed by atoms with Crippen LogP contribution in [0.2, 0.25) is 0 Å². The lowest BCUT2D eigenvalue weighted by atomic mass is 9.95. The summed E-state index contributed by atoms with van der Waals surface area (Å²) in [7, 11) is 0. The summed E-state index contributed by atoms with van der Waals surface area (Å²) in [5.41, 5.74) is 0.879. The number of piperidine rings is 1. The molecule has 2 fully saturated rings. The van der Waals surface area contributed by atoms with Gasteiger partial charge in [-0.05, 0) is 50.3 Å². The van der Waals surface area contributed by atoms with Crippen molar-refractivity contribution in [2.24, 2.45) is 5.92 Å². The van der Waals surface area contributed by atoms with Crippen molar-refractivity contribution in [2.75, 3.05) is 32.7 Å². The molecule has 2 aliphatic heterocycles. The van der Waals surface area contributed by atoms with Crippen LogP contribution in [0.4, 0.5) is 4.39 Å². The highest BCUT2D eigenvalue weighted by molar-refractivity contribution is 5.78. The fourth-order valence-electron chi connectivity index (χ4n) is 4.05.